The molecule has 1 aromatic rings. The van der Waals surface area contributed by atoms with Crippen LogP contribution in [0, 0.1) is 5.92 Å². The van der Waals surface area contributed by atoms with Crippen LogP contribution in [0.4, 0.5) is 0 Å². The highest BCUT2D eigenvalue weighted by Crippen LogP contribution is 2.38. The molecule has 0 bridgehead atoms. The maximum Gasteiger partial charge on any atom is 0.139 e. The second kappa shape index (κ2) is 7.51. The quantitative estimate of drug-likeness (QED) is 0.887. The summed E-state index contributed by atoms with van der Waals surface area (Å²) in [6, 6.07) is 3.86. The second-order valence-corrected chi connectivity index (χ2v) is 5.80. The standard InChI is InChI=1S/C15H21Cl2NO2/c1-3-20-14-8-12(16)11(7-13(14)17)15(18-2)10-5-4-6-19-9-10/h7-8,10,15,18H,3-6,9H2,1-2H3. The molecule has 5 heteroatoms. The van der Waals surface area contributed by atoms with Gasteiger partial charge in [0.05, 0.1) is 18.2 Å². The van der Waals surface area contributed by atoms with Crippen molar-refractivity contribution in [3.63, 3.8) is 0 Å². The van der Waals surface area contributed by atoms with Crippen LogP contribution >= 0.6 is 23.2 Å². The lowest BCUT2D eigenvalue weighted by Crippen LogP contribution is -2.31. The number of hydrogen-bond donors (Lipinski definition) is 1. The largest absolute Gasteiger partial charge is 0.492 e. The van der Waals surface area contributed by atoms with Gasteiger partial charge in [0.2, 0.25) is 0 Å². The van der Waals surface area contributed by atoms with E-state index in [9.17, 15) is 0 Å². The van der Waals surface area contributed by atoms with E-state index in [-0.39, 0.29) is 6.04 Å². The zero-order chi connectivity index (χ0) is 14.5. The van der Waals surface area contributed by atoms with Gasteiger partial charge in [-0.3, -0.25) is 0 Å². The van der Waals surface area contributed by atoms with Gasteiger partial charge in [0, 0.05) is 29.7 Å². The highest BCUT2D eigenvalue weighted by molar-refractivity contribution is 6.34. The summed E-state index contributed by atoms with van der Waals surface area (Å²) in [5.41, 5.74) is 1.01. The van der Waals surface area contributed by atoms with Crippen LogP contribution in [0.1, 0.15) is 31.4 Å². The first-order valence-corrected chi connectivity index (χ1v) is 7.79. The van der Waals surface area contributed by atoms with Crippen molar-refractivity contribution < 1.29 is 9.47 Å². The van der Waals surface area contributed by atoms with Crippen LogP contribution in [-0.4, -0.2) is 26.9 Å². The number of nitrogens with one attached hydrogen (secondary N) is 1. The first kappa shape index (κ1) is 15.9. The fourth-order valence-electron chi connectivity index (χ4n) is 2.72. The van der Waals surface area contributed by atoms with E-state index >= 15 is 0 Å². The summed E-state index contributed by atoms with van der Waals surface area (Å²) < 4.78 is 11.0. The average molecular weight is 318 g/mol. The van der Waals surface area contributed by atoms with Crippen molar-refractivity contribution in [3.8, 4) is 5.75 Å². The molecule has 2 rings (SSSR count). The van der Waals surface area contributed by atoms with Crippen molar-refractivity contribution in [1.82, 2.24) is 5.32 Å². The molecule has 2 atom stereocenters. The zero-order valence-corrected chi connectivity index (χ0v) is 13.4. The highest BCUT2D eigenvalue weighted by atomic mass is 35.5. The summed E-state index contributed by atoms with van der Waals surface area (Å²) in [6.45, 7) is 4.10. The minimum Gasteiger partial charge on any atom is -0.492 e. The summed E-state index contributed by atoms with van der Waals surface area (Å²) >= 11 is 12.7. The molecule has 1 aliphatic heterocycles. The number of benzene rings is 1. The Hall–Kier alpha value is -0.480. The molecule has 3 nitrogen and oxygen atoms in total. The molecule has 1 aliphatic rings. The number of rotatable bonds is 5. The van der Waals surface area contributed by atoms with Gasteiger partial charge in [-0.05, 0) is 38.4 Å². The van der Waals surface area contributed by atoms with Crippen molar-refractivity contribution in [3.05, 3.63) is 27.7 Å². The Morgan fingerprint density at radius 1 is 1.40 bits per heavy atom. The van der Waals surface area contributed by atoms with E-state index < -0.39 is 0 Å². The van der Waals surface area contributed by atoms with Crippen molar-refractivity contribution in [2.45, 2.75) is 25.8 Å². The normalized spacial score (nSPS) is 20.7. The topological polar surface area (TPSA) is 30.5 Å². The van der Waals surface area contributed by atoms with Gasteiger partial charge in [-0.25, -0.2) is 0 Å². The molecule has 1 saturated heterocycles. The van der Waals surface area contributed by atoms with Crippen molar-refractivity contribution >= 4 is 23.2 Å². The van der Waals surface area contributed by atoms with Gasteiger partial charge >= 0.3 is 0 Å². The zero-order valence-electron chi connectivity index (χ0n) is 11.9. The van der Waals surface area contributed by atoms with Gasteiger partial charge in [0.1, 0.15) is 5.75 Å². The fraction of sp³-hybridized carbons (Fsp3) is 0.600. The first-order chi connectivity index (χ1) is 9.67. The van der Waals surface area contributed by atoms with E-state index in [1.54, 1.807) is 6.07 Å². The van der Waals surface area contributed by atoms with Crippen LogP contribution in [0.5, 0.6) is 5.75 Å². The molecular weight excluding hydrogens is 297 g/mol. The van der Waals surface area contributed by atoms with Crippen LogP contribution in [-0.2, 0) is 4.74 Å². The lowest BCUT2D eigenvalue weighted by Gasteiger charge is -2.31. The van der Waals surface area contributed by atoms with Gasteiger partial charge < -0.3 is 14.8 Å². The molecule has 0 saturated carbocycles. The molecule has 0 aromatic heterocycles. The van der Waals surface area contributed by atoms with Crippen LogP contribution in [0.3, 0.4) is 0 Å². The summed E-state index contributed by atoms with van der Waals surface area (Å²) in [5, 5.41) is 4.63. The molecule has 1 aromatic carbocycles. The van der Waals surface area contributed by atoms with Crippen LogP contribution in [0.25, 0.3) is 0 Å². The van der Waals surface area contributed by atoms with Gasteiger partial charge in [-0.2, -0.15) is 0 Å². The number of halogens is 2. The maximum atomic E-state index is 6.41. The molecule has 1 N–H and O–H groups in total. The Morgan fingerprint density at radius 3 is 2.80 bits per heavy atom. The summed E-state index contributed by atoms with van der Waals surface area (Å²) in [4.78, 5) is 0. The SMILES string of the molecule is CCOc1cc(Cl)c(C(NC)C2CCCOC2)cc1Cl. The minimum absolute atomic E-state index is 0.149. The first-order valence-electron chi connectivity index (χ1n) is 7.04. The molecule has 2 unspecified atom stereocenters. The van der Waals surface area contributed by atoms with Crippen LogP contribution in [0.15, 0.2) is 12.1 Å². The Labute approximate surface area is 130 Å². The van der Waals surface area contributed by atoms with Crippen LogP contribution in [0.2, 0.25) is 10.0 Å². The number of hydrogen-bond acceptors (Lipinski definition) is 3. The minimum atomic E-state index is 0.149. The number of ether oxygens (including phenoxy) is 2. The Kier molecular flexibility index (Phi) is 5.97. The predicted molar refractivity (Wildman–Crippen MR) is 83.0 cm³/mol. The smallest absolute Gasteiger partial charge is 0.139 e. The lowest BCUT2D eigenvalue weighted by atomic mass is 9.88. The van der Waals surface area contributed by atoms with E-state index in [0.717, 1.165) is 31.6 Å². The van der Waals surface area contributed by atoms with Gasteiger partial charge in [-0.1, -0.05) is 23.2 Å². The fourth-order valence-corrected chi connectivity index (χ4v) is 3.22. The molecule has 0 radical (unpaired) electrons. The average Bonchev–Trinajstić information content (AvgIpc) is 2.46. The van der Waals surface area contributed by atoms with E-state index in [1.807, 2.05) is 20.0 Å². The van der Waals surface area contributed by atoms with Gasteiger partial charge in [-0.15, -0.1) is 0 Å². The second-order valence-electron chi connectivity index (χ2n) is 4.98. The summed E-state index contributed by atoms with van der Waals surface area (Å²) in [5.74, 6) is 1.05. The van der Waals surface area contributed by atoms with E-state index in [0.29, 0.717) is 28.3 Å². The maximum absolute atomic E-state index is 6.41. The molecule has 0 spiro atoms. The van der Waals surface area contributed by atoms with Gasteiger partial charge in [0.15, 0.2) is 0 Å². The Balaban J connectivity index is 2.27. The molecule has 0 amide bonds. The van der Waals surface area contributed by atoms with Crippen LogP contribution < -0.4 is 10.1 Å². The van der Waals surface area contributed by atoms with Crippen molar-refractivity contribution in [2.75, 3.05) is 26.9 Å². The van der Waals surface area contributed by atoms with E-state index in [4.69, 9.17) is 32.7 Å². The third-order valence-electron chi connectivity index (χ3n) is 3.66. The summed E-state index contributed by atoms with van der Waals surface area (Å²) in [6.07, 6.45) is 2.22. The molecule has 20 heavy (non-hydrogen) atoms. The van der Waals surface area contributed by atoms with Gasteiger partial charge in [0.25, 0.3) is 0 Å². The molecular formula is C15H21Cl2NO2. The van der Waals surface area contributed by atoms with Crippen molar-refractivity contribution in [2.24, 2.45) is 5.92 Å². The third kappa shape index (κ3) is 3.59. The molecule has 0 aliphatic carbocycles. The Bertz CT molecular complexity index is 448. The predicted octanol–water partition coefficient (Wildman–Crippen LogP) is 4.08. The molecule has 1 heterocycles. The highest BCUT2D eigenvalue weighted by Gasteiger charge is 2.26. The van der Waals surface area contributed by atoms with Crippen molar-refractivity contribution in [1.29, 1.82) is 0 Å². The monoisotopic (exact) mass is 317 g/mol. The third-order valence-corrected chi connectivity index (χ3v) is 4.29. The lowest BCUT2D eigenvalue weighted by molar-refractivity contribution is 0.0402. The summed E-state index contributed by atoms with van der Waals surface area (Å²) in [7, 11) is 1.94. The van der Waals surface area contributed by atoms with E-state index in [2.05, 4.69) is 5.32 Å². The van der Waals surface area contributed by atoms with E-state index in [1.165, 1.54) is 0 Å². The molecule has 1 fully saturated rings. The molecule has 112 valence electrons. The Morgan fingerprint density at radius 2 is 2.20 bits per heavy atom.